The maximum Gasteiger partial charge on any atom is 0.257 e. The Balaban J connectivity index is 1.97. The minimum absolute atomic E-state index is 0.0637. The van der Waals surface area contributed by atoms with Crippen LogP contribution in [0.3, 0.4) is 0 Å². The number of hydrogen-bond acceptors (Lipinski definition) is 4. The van der Waals surface area contributed by atoms with Gasteiger partial charge in [0.1, 0.15) is 17.5 Å². The van der Waals surface area contributed by atoms with Gasteiger partial charge in [0.2, 0.25) is 5.91 Å². The van der Waals surface area contributed by atoms with Gasteiger partial charge in [-0.3, -0.25) is 14.5 Å². The fourth-order valence-corrected chi connectivity index (χ4v) is 3.97. The summed E-state index contributed by atoms with van der Waals surface area (Å²) in [4.78, 5) is 29.7. The second kappa shape index (κ2) is 7.66. The summed E-state index contributed by atoms with van der Waals surface area (Å²) in [7, 11) is 3.34. The largest absolute Gasteiger partial charge is 0.497 e. The minimum Gasteiger partial charge on any atom is -0.497 e. The molecule has 3 rings (SSSR count). The van der Waals surface area contributed by atoms with E-state index in [9.17, 15) is 9.59 Å². The molecule has 1 aliphatic carbocycles. The van der Waals surface area contributed by atoms with Crippen molar-refractivity contribution in [1.29, 1.82) is 0 Å². The molecule has 1 saturated heterocycles. The van der Waals surface area contributed by atoms with E-state index < -0.39 is 11.8 Å². The summed E-state index contributed by atoms with van der Waals surface area (Å²) in [6.45, 7) is 2.79. The van der Waals surface area contributed by atoms with Gasteiger partial charge in [0.25, 0.3) is 5.91 Å². The summed E-state index contributed by atoms with van der Waals surface area (Å²) in [6.07, 6.45) is 4.71. The standard InChI is InChI=1S/C20H28N2O4/c1-4-21(2)19(24)17-14-26-20(11-6-5-7-12-20)22(17)18(23)15-9-8-10-16(13-15)25-3/h8-10,13,17H,4-7,11-12,14H2,1-3H3. The Hall–Kier alpha value is -2.08. The van der Waals surface area contributed by atoms with E-state index in [1.165, 1.54) is 0 Å². The summed E-state index contributed by atoms with van der Waals surface area (Å²) in [5, 5.41) is 0. The van der Waals surface area contributed by atoms with Crippen molar-refractivity contribution in [1.82, 2.24) is 9.80 Å². The van der Waals surface area contributed by atoms with Crippen LogP contribution in [-0.2, 0) is 9.53 Å². The first-order chi connectivity index (χ1) is 12.5. The Morgan fingerprint density at radius 1 is 1.31 bits per heavy atom. The molecule has 2 amide bonds. The van der Waals surface area contributed by atoms with E-state index in [2.05, 4.69) is 0 Å². The topological polar surface area (TPSA) is 59.1 Å². The predicted octanol–water partition coefficient (Wildman–Crippen LogP) is 2.67. The molecule has 0 aromatic heterocycles. The normalized spacial score (nSPS) is 21.7. The molecule has 142 valence electrons. The lowest BCUT2D eigenvalue weighted by Gasteiger charge is -2.42. The van der Waals surface area contributed by atoms with Crippen LogP contribution in [0.5, 0.6) is 5.75 Å². The zero-order chi connectivity index (χ0) is 18.7. The molecule has 1 atom stereocenters. The van der Waals surface area contributed by atoms with Crippen molar-refractivity contribution in [2.75, 3.05) is 27.3 Å². The molecule has 1 saturated carbocycles. The van der Waals surface area contributed by atoms with Gasteiger partial charge in [-0.2, -0.15) is 0 Å². The van der Waals surface area contributed by atoms with Crippen LogP contribution in [0.15, 0.2) is 24.3 Å². The number of rotatable bonds is 4. The van der Waals surface area contributed by atoms with Crippen LogP contribution in [0.1, 0.15) is 49.4 Å². The third kappa shape index (κ3) is 3.30. The molecular weight excluding hydrogens is 332 g/mol. The highest BCUT2D eigenvalue weighted by molar-refractivity contribution is 5.98. The molecule has 1 spiro atoms. The molecule has 0 radical (unpaired) electrons. The summed E-state index contributed by atoms with van der Waals surface area (Å²) < 4.78 is 11.4. The second-order valence-corrected chi connectivity index (χ2v) is 7.09. The fourth-order valence-electron chi connectivity index (χ4n) is 3.97. The van der Waals surface area contributed by atoms with E-state index in [4.69, 9.17) is 9.47 Å². The SMILES string of the molecule is CCN(C)C(=O)C1COC2(CCCCC2)N1C(=O)c1cccc(OC)c1. The average Bonchev–Trinajstić information content (AvgIpc) is 3.04. The van der Waals surface area contributed by atoms with Crippen LogP contribution in [0.2, 0.25) is 0 Å². The van der Waals surface area contributed by atoms with Gasteiger partial charge in [-0.1, -0.05) is 12.5 Å². The van der Waals surface area contributed by atoms with Gasteiger partial charge < -0.3 is 14.4 Å². The molecule has 0 bridgehead atoms. The van der Waals surface area contributed by atoms with Crippen molar-refractivity contribution in [3.05, 3.63) is 29.8 Å². The Kier molecular flexibility index (Phi) is 5.51. The Morgan fingerprint density at radius 2 is 2.04 bits per heavy atom. The number of hydrogen-bond donors (Lipinski definition) is 0. The first kappa shape index (κ1) is 18.7. The molecule has 1 aliphatic heterocycles. The first-order valence-electron chi connectivity index (χ1n) is 9.39. The van der Waals surface area contributed by atoms with Crippen molar-refractivity contribution in [2.24, 2.45) is 0 Å². The molecule has 26 heavy (non-hydrogen) atoms. The van der Waals surface area contributed by atoms with E-state index in [0.29, 0.717) is 17.9 Å². The first-order valence-corrected chi connectivity index (χ1v) is 9.39. The molecule has 1 unspecified atom stereocenters. The maximum absolute atomic E-state index is 13.4. The van der Waals surface area contributed by atoms with E-state index in [-0.39, 0.29) is 18.4 Å². The Labute approximate surface area is 155 Å². The number of ether oxygens (including phenoxy) is 2. The number of benzene rings is 1. The van der Waals surface area contributed by atoms with Crippen LogP contribution in [0.25, 0.3) is 0 Å². The molecule has 1 heterocycles. The Bertz CT molecular complexity index is 670. The van der Waals surface area contributed by atoms with Crippen molar-refractivity contribution in [3.63, 3.8) is 0 Å². The van der Waals surface area contributed by atoms with Gasteiger partial charge in [-0.05, 0) is 50.8 Å². The van der Waals surface area contributed by atoms with E-state index in [0.717, 1.165) is 32.1 Å². The summed E-state index contributed by atoms with van der Waals surface area (Å²) in [5.41, 5.74) is -0.135. The molecule has 6 nitrogen and oxygen atoms in total. The lowest BCUT2D eigenvalue weighted by Crippen LogP contribution is -2.56. The van der Waals surface area contributed by atoms with Crippen LogP contribution in [0, 0.1) is 0 Å². The van der Waals surface area contributed by atoms with Gasteiger partial charge >= 0.3 is 0 Å². The molecule has 2 aliphatic rings. The second-order valence-electron chi connectivity index (χ2n) is 7.09. The highest BCUT2D eigenvalue weighted by atomic mass is 16.5. The van der Waals surface area contributed by atoms with Gasteiger partial charge in [0.05, 0.1) is 13.7 Å². The van der Waals surface area contributed by atoms with Crippen molar-refractivity contribution >= 4 is 11.8 Å². The highest BCUT2D eigenvalue weighted by Crippen LogP contribution is 2.41. The van der Waals surface area contributed by atoms with Gasteiger partial charge in [0.15, 0.2) is 0 Å². The average molecular weight is 360 g/mol. The summed E-state index contributed by atoms with van der Waals surface area (Å²) in [6, 6.07) is 6.52. The summed E-state index contributed by atoms with van der Waals surface area (Å²) in [5.74, 6) is 0.402. The number of likely N-dealkylation sites (N-methyl/N-ethyl adjacent to an activating group) is 1. The van der Waals surface area contributed by atoms with Crippen LogP contribution >= 0.6 is 0 Å². The number of carbonyl (C=O) groups is 2. The van der Waals surface area contributed by atoms with E-state index >= 15 is 0 Å². The zero-order valence-electron chi connectivity index (χ0n) is 15.9. The number of carbonyl (C=O) groups excluding carboxylic acids is 2. The van der Waals surface area contributed by atoms with E-state index in [1.54, 1.807) is 48.2 Å². The van der Waals surface area contributed by atoms with Gasteiger partial charge in [-0.15, -0.1) is 0 Å². The number of methoxy groups -OCH3 is 1. The maximum atomic E-state index is 13.4. The lowest BCUT2D eigenvalue weighted by molar-refractivity contribution is -0.135. The number of amides is 2. The zero-order valence-corrected chi connectivity index (χ0v) is 15.9. The molecule has 6 heteroatoms. The van der Waals surface area contributed by atoms with E-state index in [1.807, 2.05) is 6.92 Å². The van der Waals surface area contributed by atoms with Crippen molar-refractivity contribution in [2.45, 2.75) is 50.8 Å². The third-order valence-electron chi connectivity index (χ3n) is 5.57. The molecule has 1 aromatic carbocycles. The van der Waals surface area contributed by atoms with Crippen LogP contribution in [0.4, 0.5) is 0 Å². The molecule has 1 aromatic rings. The summed E-state index contributed by atoms with van der Waals surface area (Å²) >= 11 is 0. The van der Waals surface area contributed by atoms with Gasteiger partial charge in [0, 0.05) is 19.2 Å². The quantitative estimate of drug-likeness (QED) is 0.828. The smallest absolute Gasteiger partial charge is 0.257 e. The minimum atomic E-state index is -0.659. The molecular formula is C20H28N2O4. The number of nitrogens with zero attached hydrogens (tertiary/aromatic N) is 2. The predicted molar refractivity (Wildman–Crippen MR) is 98.0 cm³/mol. The van der Waals surface area contributed by atoms with Crippen LogP contribution in [-0.4, -0.2) is 60.7 Å². The highest BCUT2D eigenvalue weighted by Gasteiger charge is 2.53. The lowest BCUT2D eigenvalue weighted by atomic mass is 9.89. The van der Waals surface area contributed by atoms with Crippen LogP contribution < -0.4 is 4.74 Å². The van der Waals surface area contributed by atoms with Crippen molar-refractivity contribution in [3.8, 4) is 5.75 Å². The van der Waals surface area contributed by atoms with Gasteiger partial charge in [-0.25, -0.2) is 0 Å². The monoisotopic (exact) mass is 360 g/mol. The fraction of sp³-hybridized carbons (Fsp3) is 0.600. The molecule has 2 fully saturated rings. The third-order valence-corrected chi connectivity index (χ3v) is 5.57. The van der Waals surface area contributed by atoms with Crippen molar-refractivity contribution < 1.29 is 19.1 Å². The molecule has 0 N–H and O–H groups in total. The Morgan fingerprint density at radius 3 is 2.69 bits per heavy atom.